The molecule has 3 rings (SSSR count). The highest BCUT2D eigenvalue weighted by Crippen LogP contribution is 2.24. The highest BCUT2D eigenvalue weighted by atomic mass is 32.2. The normalized spacial score (nSPS) is 10.9. The minimum atomic E-state index is -0.0816. The van der Waals surface area contributed by atoms with E-state index in [0.29, 0.717) is 11.1 Å². The Hall–Kier alpha value is -2.67. The van der Waals surface area contributed by atoms with E-state index >= 15 is 0 Å². The first-order chi connectivity index (χ1) is 12.5. The first-order valence-electron chi connectivity index (χ1n) is 8.41. The van der Waals surface area contributed by atoms with Crippen LogP contribution in [0.3, 0.4) is 0 Å². The fraction of sp³-hybridized carbons (Fsp3) is 0.263. The third-order valence-electron chi connectivity index (χ3n) is 3.88. The molecular weight excluding hydrogens is 346 g/mol. The number of nitrogens with one attached hydrogen (secondary N) is 1. The van der Waals surface area contributed by atoms with Gasteiger partial charge in [0.2, 0.25) is 11.1 Å². The molecule has 0 bridgehead atoms. The summed E-state index contributed by atoms with van der Waals surface area (Å²) in [5, 5.41) is 15.4. The van der Waals surface area contributed by atoms with Crippen LogP contribution >= 0.6 is 11.8 Å². The van der Waals surface area contributed by atoms with Crippen molar-refractivity contribution >= 4 is 23.4 Å². The van der Waals surface area contributed by atoms with Crippen LogP contribution < -0.4 is 5.32 Å². The Morgan fingerprint density at radius 1 is 1.19 bits per heavy atom. The molecule has 3 aromatic rings. The van der Waals surface area contributed by atoms with Crippen LogP contribution in [0.1, 0.15) is 30.9 Å². The molecule has 0 aliphatic heterocycles. The van der Waals surface area contributed by atoms with Gasteiger partial charge in [-0.05, 0) is 52.6 Å². The second kappa shape index (κ2) is 8.14. The van der Waals surface area contributed by atoms with Gasteiger partial charge in [-0.25, -0.2) is 0 Å². The Bertz CT molecular complexity index is 906. The van der Waals surface area contributed by atoms with Crippen molar-refractivity contribution in [1.29, 1.82) is 0 Å². The van der Waals surface area contributed by atoms with Crippen molar-refractivity contribution in [1.82, 2.24) is 20.2 Å². The second-order valence-corrected chi connectivity index (χ2v) is 7.23. The van der Waals surface area contributed by atoms with Crippen LogP contribution in [-0.4, -0.2) is 31.9 Å². The van der Waals surface area contributed by atoms with Crippen LogP contribution in [0.2, 0.25) is 0 Å². The number of rotatable bonds is 6. The van der Waals surface area contributed by atoms with E-state index in [-0.39, 0.29) is 11.7 Å². The average molecular weight is 367 g/mol. The number of tetrazole rings is 1. The van der Waals surface area contributed by atoms with Crippen molar-refractivity contribution in [2.24, 2.45) is 0 Å². The SMILES string of the molecule is Cc1cccc(-n2nnnc2SCC(=O)Nc2ccccc2C(C)C)c1. The number of aryl methyl sites for hydroxylation is 1. The molecule has 1 aromatic heterocycles. The molecule has 0 aliphatic rings. The lowest BCUT2D eigenvalue weighted by atomic mass is 10.0. The first kappa shape index (κ1) is 18.1. The van der Waals surface area contributed by atoms with E-state index in [9.17, 15) is 4.79 Å². The number of carbonyl (C=O) groups excluding carboxylic acids is 1. The predicted molar refractivity (Wildman–Crippen MR) is 104 cm³/mol. The third kappa shape index (κ3) is 4.29. The standard InChI is InChI=1S/C19H21N5OS/c1-13(2)16-9-4-5-10-17(16)20-18(25)12-26-19-21-22-23-24(19)15-8-6-7-14(3)11-15/h4-11,13H,12H2,1-3H3,(H,20,25). The van der Waals surface area contributed by atoms with Gasteiger partial charge in [-0.2, -0.15) is 4.68 Å². The second-order valence-electron chi connectivity index (χ2n) is 6.29. The molecule has 0 radical (unpaired) electrons. The van der Waals surface area contributed by atoms with Crippen LogP contribution in [-0.2, 0) is 4.79 Å². The van der Waals surface area contributed by atoms with E-state index in [1.54, 1.807) is 4.68 Å². The lowest BCUT2D eigenvalue weighted by molar-refractivity contribution is -0.113. The maximum atomic E-state index is 12.4. The van der Waals surface area contributed by atoms with Gasteiger partial charge < -0.3 is 5.32 Å². The molecule has 0 aliphatic carbocycles. The van der Waals surface area contributed by atoms with E-state index in [4.69, 9.17) is 0 Å². The Balaban J connectivity index is 1.67. The Labute approximate surface area is 157 Å². The number of amides is 1. The van der Waals surface area contributed by atoms with Gasteiger partial charge in [0, 0.05) is 5.69 Å². The van der Waals surface area contributed by atoms with Crippen LogP contribution in [0.15, 0.2) is 53.7 Å². The molecule has 2 aromatic carbocycles. The maximum Gasteiger partial charge on any atom is 0.234 e. The van der Waals surface area contributed by atoms with Crippen molar-refractivity contribution in [2.75, 3.05) is 11.1 Å². The summed E-state index contributed by atoms with van der Waals surface area (Å²) in [6, 6.07) is 15.8. The number of para-hydroxylation sites is 1. The fourth-order valence-corrected chi connectivity index (χ4v) is 3.31. The maximum absolute atomic E-state index is 12.4. The van der Waals surface area contributed by atoms with Gasteiger partial charge in [-0.1, -0.05) is 55.9 Å². The number of aromatic nitrogens is 4. The molecule has 0 atom stereocenters. The number of thioether (sulfide) groups is 1. The van der Waals surface area contributed by atoms with E-state index in [1.165, 1.54) is 11.8 Å². The van der Waals surface area contributed by atoms with E-state index < -0.39 is 0 Å². The highest BCUT2D eigenvalue weighted by Gasteiger charge is 2.13. The van der Waals surface area contributed by atoms with Gasteiger partial charge in [0.15, 0.2) is 0 Å². The number of anilines is 1. The van der Waals surface area contributed by atoms with Crippen molar-refractivity contribution in [3.8, 4) is 5.69 Å². The summed E-state index contributed by atoms with van der Waals surface area (Å²) >= 11 is 1.31. The van der Waals surface area contributed by atoms with Crippen molar-refractivity contribution in [2.45, 2.75) is 31.8 Å². The molecule has 134 valence electrons. The van der Waals surface area contributed by atoms with Crippen molar-refractivity contribution in [3.63, 3.8) is 0 Å². The summed E-state index contributed by atoms with van der Waals surface area (Å²) in [6.45, 7) is 6.23. The minimum Gasteiger partial charge on any atom is -0.325 e. The van der Waals surface area contributed by atoms with Crippen molar-refractivity contribution < 1.29 is 4.79 Å². The van der Waals surface area contributed by atoms with Gasteiger partial charge in [0.25, 0.3) is 0 Å². The topological polar surface area (TPSA) is 72.7 Å². The largest absolute Gasteiger partial charge is 0.325 e. The summed E-state index contributed by atoms with van der Waals surface area (Å²) in [6.07, 6.45) is 0. The van der Waals surface area contributed by atoms with Crippen LogP contribution in [0.25, 0.3) is 5.69 Å². The Kier molecular flexibility index (Phi) is 5.68. The molecule has 0 fully saturated rings. The first-order valence-corrected chi connectivity index (χ1v) is 9.40. The van der Waals surface area contributed by atoms with Gasteiger partial charge in [0.05, 0.1) is 11.4 Å². The molecule has 26 heavy (non-hydrogen) atoms. The van der Waals surface area contributed by atoms with Crippen LogP contribution in [0, 0.1) is 6.92 Å². The lowest BCUT2D eigenvalue weighted by Gasteiger charge is -2.13. The van der Waals surface area contributed by atoms with Crippen LogP contribution in [0.5, 0.6) is 0 Å². The molecule has 0 spiro atoms. The monoisotopic (exact) mass is 367 g/mol. The lowest BCUT2D eigenvalue weighted by Crippen LogP contribution is -2.16. The number of nitrogens with zero attached hydrogens (tertiary/aromatic N) is 4. The fourth-order valence-electron chi connectivity index (χ4n) is 2.62. The molecule has 7 heteroatoms. The summed E-state index contributed by atoms with van der Waals surface area (Å²) in [4.78, 5) is 12.4. The van der Waals surface area contributed by atoms with Crippen molar-refractivity contribution in [3.05, 3.63) is 59.7 Å². The van der Waals surface area contributed by atoms with Gasteiger partial charge in [0.1, 0.15) is 0 Å². The number of hydrogen-bond acceptors (Lipinski definition) is 5. The molecular formula is C19H21N5OS. The third-order valence-corrected chi connectivity index (χ3v) is 4.80. The molecule has 0 saturated carbocycles. The highest BCUT2D eigenvalue weighted by molar-refractivity contribution is 7.99. The Morgan fingerprint density at radius 3 is 2.77 bits per heavy atom. The van der Waals surface area contributed by atoms with Gasteiger partial charge in [-0.3, -0.25) is 4.79 Å². The van der Waals surface area contributed by atoms with Gasteiger partial charge in [-0.15, -0.1) is 5.10 Å². The number of hydrogen-bond donors (Lipinski definition) is 1. The van der Waals surface area contributed by atoms with E-state index in [2.05, 4.69) is 34.7 Å². The zero-order chi connectivity index (χ0) is 18.5. The average Bonchev–Trinajstić information content (AvgIpc) is 3.09. The summed E-state index contributed by atoms with van der Waals surface area (Å²) < 4.78 is 1.65. The number of carbonyl (C=O) groups is 1. The quantitative estimate of drug-likeness (QED) is 0.671. The summed E-state index contributed by atoms with van der Waals surface area (Å²) in [7, 11) is 0. The molecule has 1 amide bonds. The summed E-state index contributed by atoms with van der Waals surface area (Å²) in [5.74, 6) is 0.494. The zero-order valence-electron chi connectivity index (χ0n) is 15.0. The smallest absolute Gasteiger partial charge is 0.234 e. The van der Waals surface area contributed by atoms with E-state index in [1.807, 2.05) is 55.5 Å². The summed E-state index contributed by atoms with van der Waals surface area (Å²) in [5.41, 5.74) is 3.97. The molecule has 1 N–H and O–H groups in total. The minimum absolute atomic E-state index is 0.0816. The molecule has 0 saturated heterocycles. The molecule has 0 unspecified atom stereocenters. The van der Waals surface area contributed by atoms with E-state index in [0.717, 1.165) is 22.5 Å². The van der Waals surface area contributed by atoms with Crippen LogP contribution in [0.4, 0.5) is 5.69 Å². The molecule has 1 heterocycles. The zero-order valence-corrected chi connectivity index (χ0v) is 15.8. The Morgan fingerprint density at radius 2 is 2.00 bits per heavy atom. The predicted octanol–water partition coefficient (Wildman–Crippen LogP) is 3.82. The van der Waals surface area contributed by atoms with Gasteiger partial charge >= 0.3 is 0 Å². The number of benzene rings is 2. The molecule has 6 nitrogen and oxygen atoms in total.